The molecule has 6 heteroatoms. The number of thiazole rings is 1. The van der Waals surface area contributed by atoms with Crippen molar-refractivity contribution in [1.29, 1.82) is 0 Å². The molecule has 0 spiro atoms. The quantitative estimate of drug-likeness (QED) is 0.878. The molecule has 0 saturated heterocycles. The van der Waals surface area contributed by atoms with Gasteiger partial charge in [0.05, 0.1) is 16.9 Å². The average Bonchev–Trinajstić information content (AvgIpc) is 2.77. The van der Waals surface area contributed by atoms with Crippen LogP contribution >= 0.6 is 11.3 Å². The zero-order valence-electron chi connectivity index (χ0n) is 10.4. The van der Waals surface area contributed by atoms with Gasteiger partial charge in [-0.25, -0.2) is 4.98 Å². The first-order valence-electron chi connectivity index (χ1n) is 5.83. The van der Waals surface area contributed by atoms with Crippen molar-refractivity contribution in [2.75, 3.05) is 11.9 Å². The van der Waals surface area contributed by atoms with Crippen LogP contribution in [-0.2, 0) is 6.42 Å². The number of ether oxygens (including phenoxy) is 1. The lowest BCUT2D eigenvalue weighted by Crippen LogP contribution is -2.08. The maximum Gasteiger partial charge on any atom is 0.387 e. The molecule has 102 valence electrons. The van der Waals surface area contributed by atoms with Crippen LogP contribution in [0.1, 0.15) is 10.6 Å². The van der Waals surface area contributed by atoms with Gasteiger partial charge in [0.15, 0.2) is 0 Å². The summed E-state index contributed by atoms with van der Waals surface area (Å²) in [5, 5.41) is 3.10. The van der Waals surface area contributed by atoms with Gasteiger partial charge in [-0.15, -0.1) is 11.3 Å². The largest absolute Gasteiger partial charge is 0.433 e. The van der Waals surface area contributed by atoms with Gasteiger partial charge >= 0.3 is 6.61 Å². The Balaban J connectivity index is 1.94. The van der Waals surface area contributed by atoms with Gasteiger partial charge in [0.25, 0.3) is 0 Å². The molecule has 19 heavy (non-hydrogen) atoms. The number of aromatic nitrogens is 1. The Hall–Kier alpha value is -1.69. The summed E-state index contributed by atoms with van der Waals surface area (Å²) in [7, 11) is 0. The SMILES string of the molecule is Cc1ncsc1CCNc1ccccc1OC(F)F. The molecule has 1 heterocycles. The van der Waals surface area contributed by atoms with Crippen molar-refractivity contribution in [2.45, 2.75) is 20.0 Å². The molecule has 1 N–H and O–H groups in total. The molecule has 2 rings (SSSR count). The number of para-hydroxylation sites is 2. The third-order valence-electron chi connectivity index (χ3n) is 2.62. The van der Waals surface area contributed by atoms with Crippen molar-refractivity contribution in [3.05, 3.63) is 40.3 Å². The van der Waals surface area contributed by atoms with Crippen LogP contribution in [0.5, 0.6) is 5.75 Å². The highest BCUT2D eigenvalue weighted by Crippen LogP contribution is 2.25. The van der Waals surface area contributed by atoms with E-state index in [1.165, 1.54) is 10.9 Å². The molecule has 0 aliphatic heterocycles. The summed E-state index contributed by atoms with van der Waals surface area (Å²) in [4.78, 5) is 5.36. The highest BCUT2D eigenvalue weighted by Gasteiger charge is 2.09. The summed E-state index contributed by atoms with van der Waals surface area (Å²) in [5.74, 6) is 0.165. The fourth-order valence-electron chi connectivity index (χ4n) is 1.69. The molecule has 0 amide bonds. The Morgan fingerprint density at radius 3 is 2.84 bits per heavy atom. The van der Waals surface area contributed by atoms with Crippen molar-refractivity contribution in [3.63, 3.8) is 0 Å². The number of benzene rings is 1. The third kappa shape index (κ3) is 3.89. The molecule has 2 aromatic rings. The number of nitrogens with zero attached hydrogens (tertiary/aromatic N) is 1. The second-order valence-corrected chi connectivity index (χ2v) is 4.85. The lowest BCUT2D eigenvalue weighted by molar-refractivity contribution is -0.0493. The minimum atomic E-state index is -2.81. The van der Waals surface area contributed by atoms with Gasteiger partial charge in [-0.3, -0.25) is 0 Å². The Kier molecular flexibility index (Phi) is 4.68. The molecule has 0 fully saturated rings. The van der Waals surface area contributed by atoms with Crippen molar-refractivity contribution < 1.29 is 13.5 Å². The molecule has 3 nitrogen and oxygen atoms in total. The van der Waals surface area contributed by atoms with E-state index in [0.29, 0.717) is 12.2 Å². The highest BCUT2D eigenvalue weighted by atomic mass is 32.1. The van der Waals surface area contributed by atoms with Crippen LogP contribution in [0.3, 0.4) is 0 Å². The molecule has 0 saturated carbocycles. The van der Waals surface area contributed by atoms with Gasteiger partial charge < -0.3 is 10.1 Å². The van der Waals surface area contributed by atoms with E-state index in [-0.39, 0.29) is 5.75 Å². The summed E-state index contributed by atoms with van der Waals surface area (Å²) in [5.41, 5.74) is 3.40. The summed E-state index contributed by atoms with van der Waals surface area (Å²) >= 11 is 1.60. The number of halogens is 2. The number of hydrogen-bond acceptors (Lipinski definition) is 4. The van der Waals surface area contributed by atoms with Crippen molar-refractivity contribution in [3.8, 4) is 5.75 Å². The fraction of sp³-hybridized carbons (Fsp3) is 0.308. The minimum Gasteiger partial charge on any atom is -0.433 e. The number of hydrogen-bond donors (Lipinski definition) is 1. The van der Waals surface area contributed by atoms with E-state index < -0.39 is 6.61 Å². The zero-order chi connectivity index (χ0) is 13.7. The number of anilines is 1. The maximum absolute atomic E-state index is 12.2. The van der Waals surface area contributed by atoms with Crippen LogP contribution in [0.15, 0.2) is 29.8 Å². The van der Waals surface area contributed by atoms with Crippen LogP contribution in [-0.4, -0.2) is 18.1 Å². The smallest absolute Gasteiger partial charge is 0.387 e. The van der Waals surface area contributed by atoms with Crippen LogP contribution in [0.25, 0.3) is 0 Å². The van der Waals surface area contributed by atoms with Gasteiger partial charge in [-0.1, -0.05) is 12.1 Å². The molecule has 0 aliphatic rings. The van der Waals surface area contributed by atoms with E-state index in [2.05, 4.69) is 15.0 Å². The fourth-order valence-corrected chi connectivity index (χ4v) is 2.47. The molecular formula is C13H14F2N2OS. The van der Waals surface area contributed by atoms with Crippen LogP contribution in [0.4, 0.5) is 14.5 Å². The first-order valence-corrected chi connectivity index (χ1v) is 6.71. The van der Waals surface area contributed by atoms with E-state index in [1.54, 1.807) is 35.0 Å². The standard InChI is InChI=1S/C13H14F2N2OS/c1-9-12(19-8-17-9)6-7-16-10-4-2-3-5-11(10)18-13(14)15/h2-5,8,13,16H,6-7H2,1H3. The van der Waals surface area contributed by atoms with Crippen LogP contribution in [0, 0.1) is 6.92 Å². The number of alkyl halides is 2. The van der Waals surface area contributed by atoms with Crippen molar-refractivity contribution >= 4 is 17.0 Å². The van der Waals surface area contributed by atoms with Gasteiger partial charge in [0, 0.05) is 17.8 Å². The normalized spacial score (nSPS) is 10.7. The Labute approximate surface area is 114 Å². The third-order valence-corrected chi connectivity index (χ3v) is 3.61. The topological polar surface area (TPSA) is 34.2 Å². The second kappa shape index (κ2) is 6.47. The first kappa shape index (κ1) is 13.7. The molecule has 0 atom stereocenters. The van der Waals surface area contributed by atoms with Gasteiger partial charge in [-0.05, 0) is 19.1 Å². The van der Waals surface area contributed by atoms with Gasteiger partial charge in [-0.2, -0.15) is 8.78 Å². The molecule has 1 aromatic heterocycles. The molecule has 0 bridgehead atoms. The van der Waals surface area contributed by atoms with Crippen LogP contribution < -0.4 is 10.1 Å². The molecule has 0 aliphatic carbocycles. The predicted molar refractivity (Wildman–Crippen MR) is 72.1 cm³/mol. The Bertz CT molecular complexity index is 531. The lowest BCUT2D eigenvalue weighted by atomic mass is 10.2. The molecule has 0 unspecified atom stereocenters. The first-order chi connectivity index (χ1) is 9.16. The van der Waals surface area contributed by atoms with Crippen LogP contribution in [0.2, 0.25) is 0 Å². The average molecular weight is 284 g/mol. The summed E-state index contributed by atoms with van der Waals surface area (Å²) < 4.78 is 28.9. The summed E-state index contributed by atoms with van der Waals surface area (Å²) in [6, 6.07) is 6.68. The Morgan fingerprint density at radius 2 is 2.16 bits per heavy atom. The predicted octanol–water partition coefficient (Wildman–Crippen LogP) is 3.71. The van der Waals surface area contributed by atoms with Crippen molar-refractivity contribution in [2.24, 2.45) is 0 Å². The van der Waals surface area contributed by atoms with E-state index in [4.69, 9.17) is 0 Å². The number of aryl methyl sites for hydroxylation is 1. The highest BCUT2D eigenvalue weighted by molar-refractivity contribution is 7.09. The zero-order valence-corrected chi connectivity index (χ0v) is 11.2. The van der Waals surface area contributed by atoms with E-state index >= 15 is 0 Å². The number of rotatable bonds is 6. The monoisotopic (exact) mass is 284 g/mol. The minimum absolute atomic E-state index is 0.165. The molecule has 1 aromatic carbocycles. The summed E-state index contributed by atoms with van der Waals surface area (Å²) in [6.07, 6.45) is 0.805. The van der Waals surface area contributed by atoms with E-state index in [0.717, 1.165) is 12.1 Å². The Morgan fingerprint density at radius 1 is 1.37 bits per heavy atom. The van der Waals surface area contributed by atoms with Crippen molar-refractivity contribution in [1.82, 2.24) is 4.98 Å². The second-order valence-electron chi connectivity index (χ2n) is 3.91. The molecule has 0 radical (unpaired) electrons. The lowest BCUT2D eigenvalue weighted by Gasteiger charge is -2.12. The van der Waals surface area contributed by atoms with Gasteiger partial charge in [0.1, 0.15) is 5.75 Å². The molecular weight excluding hydrogens is 270 g/mol. The van der Waals surface area contributed by atoms with E-state index in [9.17, 15) is 8.78 Å². The van der Waals surface area contributed by atoms with E-state index in [1.807, 2.05) is 6.92 Å². The number of nitrogens with one attached hydrogen (secondary N) is 1. The summed E-state index contributed by atoms with van der Waals surface area (Å²) in [6.45, 7) is -0.210. The van der Waals surface area contributed by atoms with Gasteiger partial charge in [0.2, 0.25) is 0 Å². The maximum atomic E-state index is 12.2.